The summed E-state index contributed by atoms with van der Waals surface area (Å²) >= 11 is 6.07. The van der Waals surface area contributed by atoms with Gasteiger partial charge in [0.15, 0.2) is 5.78 Å². The first kappa shape index (κ1) is 27.5. The van der Waals surface area contributed by atoms with Gasteiger partial charge in [0.1, 0.15) is 11.3 Å². The molecule has 0 radical (unpaired) electrons. The minimum atomic E-state index is -1.07. The van der Waals surface area contributed by atoms with Gasteiger partial charge in [0.2, 0.25) is 0 Å². The number of nitrogens with two attached hydrogens (primary N) is 1. The average molecular weight is 531 g/mol. The van der Waals surface area contributed by atoms with Gasteiger partial charge in [-0.2, -0.15) is 0 Å². The van der Waals surface area contributed by atoms with Crippen LogP contribution >= 0.6 is 11.6 Å². The number of nitrogens with zero attached hydrogens (tertiary/aromatic N) is 1. The summed E-state index contributed by atoms with van der Waals surface area (Å²) in [6.45, 7) is 6.86. The van der Waals surface area contributed by atoms with Crippen molar-refractivity contribution in [3.05, 3.63) is 35.0 Å². The van der Waals surface area contributed by atoms with E-state index in [0.29, 0.717) is 49.0 Å². The number of aromatic nitrogens is 1. The Hall–Kier alpha value is -2.58. The molecule has 1 aromatic heterocycles. The first-order valence-corrected chi connectivity index (χ1v) is 13.7. The zero-order chi connectivity index (χ0) is 26.8. The number of ketones is 1. The molecule has 2 unspecified atom stereocenters. The summed E-state index contributed by atoms with van der Waals surface area (Å²) < 4.78 is 5.47. The van der Waals surface area contributed by atoms with E-state index in [2.05, 4.69) is 10.3 Å². The van der Waals surface area contributed by atoms with E-state index in [1.54, 1.807) is 23.1 Å². The molecule has 8 nitrogen and oxygen atoms in total. The Kier molecular flexibility index (Phi) is 8.19. The standard InChI is InChI=1S/C28H39ClN4O4/c1-27(2,3)37-26(36)33-14-11-18(12-15-33)7-10-24(34)28(30)13-5-4-6-23(28)32-25(35)22-17-19-16-20(29)8-9-21(19)31-22/h8-9,16-18,23,31H,4-7,10-15,30H2,1-3H3,(H,32,35). The van der Waals surface area contributed by atoms with Crippen molar-refractivity contribution in [1.29, 1.82) is 0 Å². The predicted octanol–water partition coefficient (Wildman–Crippen LogP) is 5.19. The molecule has 4 rings (SSSR count). The van der Waals surface area contributed by atoms with Gasteiger partial charge in [-0.3, -0.25) is 9.59 Å². The van der Waals surface area contributed by atoms with Crippen LogP contribution in [0.25, 0.3) is 10.9 Å². The maximum Gasteiger partial charge on any atom is 0.410 e. The average Bonchev–Trinajstić information content (AvgIpc) is 3.26. The molecule has 2 fully saturated rings. The number of Topliss-reactive ketones (excluding diaryl/α,β-unsaturated/α-hetero) is 1. The topological polar surface area (TPSA) is 118 Å². The Morgan fingerprint density at radius 2 is 1.89 bits per heavy atom. The number of aromatic amines is 1. The van der Waals surface area contributed by atoms with Gasteiger partial charge in [0, 0.05) is 35.4 Å². The maximum absolute atomic E-state index is 13.4. The minimum absolute atomic E-state index is 0.00972. The van der Waals surface area contributed by atoms with Gasteiger partial charge in [-0.15, -0.1) is 0 Å². The van der Waals surface area contributed by atoms with Crippen molar-refractivity contribution >= 4 is 40.3 Å². The third kappa shape index (κ3) is 6.65. The van der Waals surface area contributed by atoms with Crippen molar-refractivity contribution in [2.24, 2.45) is 11.7 Å². The molecule has 2 amide bonds. The molecule has 1 saturated carbocycles. The summed E-state index contributed by atoms with van der Waals surface area (Å²) in [6, 6.07) is 6.77. The number of piperidine rings is 1. The second kappa shape index (κ2) is 11.0. The number of amides is 2. The van der Waals surface area contributed by atoms with Crippen molar-refractivity contribution in [2.45, 2.75) is 89.3 Å². The van der Waals surface area contributed by atoms with Crippen LogP contribution in [-0.2, 0) is 9.53 Å². The number of fused-ring (bicyclic) bond motifs is 1. The molecular weight excluding hydrogens is 492 g/mol. The van der Waals surface area contributed by atoms with Gasteiger partial charge in [-0.1, -0.05) is 24.4 Å². The first-order chi connectivity index (χ1) is 17.4. The van der Waals surface area contributed by atoms with Crippen LogP contribution in [0.3, 0.4) is 0 Å². The number of carbonyl (C=O) groups excluding carboxylic acids is 3. The molecule has 202 valence electrons. The van der Waals surface area contributed by atoms with E-state index in [1.807, 2.05) is 26.8 Å². The van der Waals surface area contributed by atoms with Crippen molar-refractivity contribution in [1.82, 2.24) is 15.2 Å². The van der Waals surface area contributed by atoms with Crippen LogP contribution < -0.4 is 11.1 Å². The molecule has 0 spiro atoms. The third-order valence-electron chi connectivity index (χ3n) is 7.65. The van der Waals surface area contributed by atoms with Gasteiger partial charge < -0.3 is 25.7 Å². The van der Waals surface area contributed by atoms with Crippen LogP contribution in [-0.4, -0.2) is 57.9 Å². The quantitative estimate of drug-likeness (QED) is 0.475. The van der Waals surface area contributed by atoms with Crippen LogP contribution in [0.4, 0.5) is 4.79 Å². The van der Waals surface area contributed by atoms with Gasteiger partial charge in [-0.25, -0.2) is 4.79 Å². The highest BCUT2D eigenvalue weighted by atomic mass is 35.5. The highest BCUT2D eigenvalue weighted by molar-refractivity contribution is 6.31. The van der Waals surface area contributed by atoms with Crippen molar-refractivity contribution in [2.75, 3.05) is 13.1 Å². The fourth-order valence-corrected chi connectivity index (χ4v) is 5.67. The molecule has 0 bridgehead atoms. The summed E-state index contributed by atoms with van der Waals surface area (Å²) in [6.07, 6.45) is 5.56. The molecule has 2 aliphatic rings. The van der Waals surface area contributed by atoms with E-state index in [-0.39, 0.29) is 17.8 Å². The second-order valence-corrected chi connectivity index (χ2v) is 12.0. The lowest BCUT2D eigenvalue weighted by molar-refractivity contribution is -0.126. The molecular formula is C28H39ClN4O4. The zero-order valence-corrected chi connectivity index (χ0v) is 22.8. The summed E-state index contributed by atoms with van der Waals surface area (Å²) in [5.41, 5.74) is 6.41. The van der Waals surface area contributed by atoms with Crippen molar-refractivity contribution in [3.63, 3.8) is 0 Å². The molecule has 2 atom stereocenters. The largest absolute Gasteiger partial charge is 0.444 e. The monoisotopic (exact) mass is 530 g/mol. The molecule has 9 heteroatoms. The Labute approximate surface area is 223 Å². The molecule has 37 heavy (non-hydrogen) atoms. The van der Waals surface area contributed by atoms with Gasteiger partial charge in [0.05, 0.1) is 11.6 Å². The van der Waals surface area contributed by atoms with E-state index >= 15 is 0 Å². The van der Waals surface area contributed by atoms with Crippen molar-refractivity contribution in [3.8, 4) is 0 Å². The molecule has 1 aliphatic carbocycles. The lowest BCUT2D eigenvalue weighted by atomic mass is 9.73. The summed E-state index contributed by atoms with van der Waals surface area (Å²) in [5, 5.41) is 4.51. The summed E-state index contributed by atoms with van der Waals surface area (Å²) in [7, 11) is 0. The maximum atomic E-state index is 13.4. The van der Waals surface area contributed by atoms with Gasteiger partial charge in [-0.05, 0) is 83.1 Å². The van der Waals surface area contributed by atoms with Crippen LogP contribution in [0.5, 0.6) is 0 Å². The van der Waals surface area contributed by atoms with Crippen LogP contribution in [0.15, 0.2) is 24.3 Å². The highest BCUT2D eigenvalue weighted by Gasteiger charge is 2.44. The predicted molar refractivity (Wildman–Crippen MR) is 145 cm³/mol. The number of benzene rings is 1. The lowest BCUT2D eigenvalue weighted by Crippen LogP contribution is -2.64. The number of hydrogen-bond acceptors (Lipinski definition) is 5. The van der Waals surface area contributed by atoms with E-state index in [1.165, 1.54) is 0 Å². The number of likely N-dealkylation sites (tertiary alicyclic amines) is 1. The van der Waals surface area contributed by atoms with Crippen molar-refractivity contribution < 1.29 is 19.1 Å². The fourth-order valence-electron chi connectivity index (χ4n) is 5.49. The Bertz CT molecular complexity index is 1150. The SMILES string of the molecule is CC(C)(C)OC(=O)N1CCC(CCC(=O)C2(N)CCCCC2NC(=O)c2cc3cc(Cl)ccc3[nH]2)CC1. The number of rotatable bonds is 6. The van der Waals surface area contributed by atoms with E-state index < -0.39 is 17.2 Å². The third-order valence-corrected chi connectivity index (χ3v) is 7.89. The number of hydrogen-bond donors (Lipinski definition) is 3. The number of ether oxygens (including phenoxy) is 1. The van der Waals surface area contributed by atoms with E-state index in [4.69, 9.17) is 22.1 Å². The fraction of sp³-hybridized carbons (Fsp3) is 0.607. The molecule has 2 heterocycles. The summed E-state index contributed by atoms with van der Waals surface area (Å²) in [5.74, 6) is 0.105. The number of H-pyrrole nitrogens is 1. The second-order valence-electron chi connectivity index (χ2n) is 11.6. The molecule has 4 N–H and O–H groups in total. The lowest BCUT2D eigenvalue weighted by Gasteiger charge is -2.40. The van der Waals surface area contributed by atoms with Crippen LogP contribution in [0, 0.1) is 5.92 Å². The van der Waals surface area contributed by atoms with Gasteiger partial charge >= 0.3 is 6.09 Å². The molecule has 1 saturated heterocycles. The van der Waals surface area contributed by atoms with Crippen LogP contribution in [0.2, 0.25) is 5.02 Å². The van der Waals surface area contributed by atoms with Gasteiger partial charge in [0.25, 0.3) is 5.91 Å². The Balaban J connectivity index is 1.32. The Morgan fingerprint density at radius 3 is 2.59 bits per heavy atom. The van der Waals surface area contributed by atoms with Crippen LogP contribution in [0.1, 0.15) is 82.6 Å². The Morgan fingerprint density at radius 1 is 1.16 bits per heavy atom. The minimum Gasteiger partial charge on any atom is -0.444 e. The smallest absolute Gasteiger partial charge is 0.410 e. The molecule has 1 aromatic carbocycles. The molecule has 2 aromatic rings. The first-order valence-electron chi connectivity index (χ1n) is 13.3. The van der Waals surface area contributed by atoms with E-state index in [0.717, 1.165) is 43.0 Å². The number of nitrogens with one attached hydrogen (secondary N) is 2. The number of carbonyl (C=O) groups is 3. The normalized spacial score (nSPS) is 23.2. The molecule has 1 aliphatic heterocycles. The summed E-state index contributed by atoms with van der Waals surface area (Å²) in [4.78, 5) is 43.7. The highest BCUT2D eigenvalue weighted by Crippen LogP contribution is 2.31. The van der Waals surface area contributed by atoms with E-state index in [9.17, 15) is 14.4 Å². The number of halogens is 1. The zero-order valence-electron chi connectivity index (χ0n) is 22.1.